The number of alkyl halides is 1. The number of methoxy groups -OCH3 is 1. The summed E-state index contributed by atoms with van der Waals surface area (Å²) in [7, 11) is 1.52. The fourth-order valence-corrected chi connectivity index (χ4v) is 3.82. The van der Waals surface area contributed by atoms with Crippen molar-refractivity contribution in [3.05, 3.63) is 89.5 Å². The van der Waals surface area contributed by atoms with Gasteiger partial charge in [-0.1, -0.05) is 45.7 Å². The number of nitrogens with one attached hydrogen (secondary N) is 2. The normalized spacial score (nSPS) is 11.0. The molecule has 10 heteroatoms. The van der Waals surface area contributed by atoms with Crippen LogP contribution in [0.3, 0.4) is 0 Å². The average molecular weight is 572 g/mol. The van der Waals surface area contributed by atoms with Gasteiger partial charge >= 0.3 is 0 Å². The Hall–Kier alpha value is -3.69. The molecule has 0 spiro atoms. The standard InChI is InChI=1S/C26H21BrClFN4O3/c1-35-24-13-21-19(12-22(24)33-25(34)6-3-9-27)26(31-15-30-21)32-18-7-8-23(20(28)11-18)36-14-16-4-2-5-17(29)10-16/h2-8,10-13,15H,9,14H2,1H3,(H,33,34)(H,30,31,32). The van der Waals surface area contributed by atoms with Crippen LogP contribution in [0.15, 0.2) is 73.1 Å². The summed E-state index contributed by atoms with van der Waals surface area (Å²) < 4.78 is 24.6. The van der Waals surface area contributed by atoms with Crippen molar-refractivity contribution >= 4 is 61.5 Å². The molecular weight excluding hydrogens is 551 g/mol. The maximum Gasteiger partial charge on any atom is 0.248 e. The van der Waals surface area contributed by atoms with E-state index in [-0.39, 0.29) is 18.3 Å². The maximum absolute atomic E-state index is 13.4. The summed E-state index contributed by atoms with van der Waals surface area (Å²) in [6, 6.07) is 14.9. The van der Waals surface area contributed by atoms with Gasteiger partial charge in [-0.2, -0.15) is 0 Å². The second-order valence-corrected chi connectivity index (χ2v) is 8.58. The molecule has 0 saturated carbocycles. The van der Waals surface area contributed by atoms with Gasteiger partial charge in [0.05, 0.1) is 23.3 Å². The average Bonchev–Trinajstić information content (AvgIpc) is 2.87. The zero-order valence-electron chi connectivity index (χ0n) is 19.1. The molecule has 1 heterocycles. The number of ether oxygens (including phenoxy) is 2. The van der Waals surface area contributed by atoms with Crippen molar-refractivity contribution in [2.75, 3.05) is 23.1 Å². The Morgan fingerprint density at radius 1 is 1.14 bits per heavy atom. The quantitative estimate of drug-likeness (QED) is 0.173. The third kappa shape index (κ3) is 6.30. The lowest BCUT2D eigenvalue weighted by molar-refractivity contribution is -0.111. The zero-order valence-corrected chi connectivity index (χ0v) is 21.4. The number of nitrogens with zero attached hydrogens (tertiary/aromatic N) is 2. The summed E-state index contributed by atoms with van der Waals surface area (Å²) in [5.41, 5.74) is 2.46. The topological polar surface area (TPSA) is 85.4 Å². The maximum atomic E-state index is 13.4. The van der Waals surface area contributed by atoms with E-state index in [4.69, 9.17) is 21.1 Å². The Morgan fingerprint density at radius 2 is 2.00 bits per heavy atom. The molecule has 2 N–H and O–H groups in total. The number of aromatic nitrogens is 2. The number of carbonyl (C=O) groups excluding carboxylic acids is 1. The summed E-state index contributed by atoms with van der Waals surface area (Å²) in [6.07, 6.45) is 4.55. The van der Waals surface area contributed by atoms with Crippen LogP contribution in [0.25, 0.3) is 10.9 Å². The molecule has 184 valence electrons. The van der Waals surface area contributed by atoms with Gasteiger partial charge in [-0.05, 0) is 42.0 Å². The number of amides is 1. The number of anilines is 3. The number of benzene rings is 3. The Bertz CT molecular complexity index is 1430. The van der Waals surface area contributed by atoms with Crippen LogP contribution in [0, 0.1) is 5.82 Å². The van der Waals surface area contributed by atoms with Crippen LogP contribution < -0.4 is 20.1 Å². The van der Waals surface area contributed by atoms with Gasteiger partial charge in [0.25, 0.3) is 0 Å². The van der Waals surface area contributed by atoms with Crippen LogP contribution in [0.5, 0.6) is 11.5 Å². The highest BCUT2D eigenvalue weighted by Gasteiger charge is 2.13. The highest BCUT2D eigenvalue weighted by molar-refractivity contribution is 9.09. The fourth-order valence-electron chi connectivity index (χ4n) is 3.40. The lowest BCUT2D eigenvalue weighted by Gasteiger charge is -2.14. The molecule has 0 fully saturated rings. The lowest BCUT2D eigenvalue weighted by Crippen LogP contribution is -2.09. The molecule has 0 radical (unpaired) electrons. The molecule has 0 aliphatic rings. The van der Waals surface area contributed by atoms with Crippen LogP contribution in [0.4, 0.5) is 21.6 Å². The minimum atomic E-state index is -0.324. The van der Waals surface area contributed by atoms with Gasteiger partial charge < -0.3 is 20.1 Å². The van der Waals surface area contributed by atoms with Crippen molar-refractivity contribution in [2.24, 2.45) is 0 Å². The van der Waals surface area contributed by atoms with Crippen molar-refractivity contribution in [3.63, 3.8) is 0 Å². The first kappa shape index (κ1) is 25.4. The van der Waals surface area contributed by atoms with Crippen LogP contribution >= 0.6 is 27.5 Å². The highest BCUT2D eigenvalue weighted by Crippen LogP contribution is 2.34. The first-order valence-corrected chi connectivity index (χ1v) is 12.3. The molecule has 3 aromatic carbocycles. The Kier molecular flexibility index (Phi) is 8.35. The van der Waals surface area contributed by atoms with E-state index < -0.39 is 0 Å². The number of carbonyl (C=O) groups is 1. The Balaban J connectivity index is 1.56. The predicted molar refractivity (Wildman–Crippen MR) is 143 cm³/mol. The number of allylic oxidation sites excluding steroid dienone is 1. The molecule has 1 aromatic heterocycles. The van der Waals surface area contributed by atoms with E-state index in [1.54, 1.807) is 48.5 Å². The van der Waals surface area contributed by atoms with Gasteiger partial charge in [-0.15, -0.1) is 0 Å². The SMILES string of the molecule is COc1cc2ncnc(Nc3ccc(OCc4cccc(F)c4)c(Cl)c3)c2cc1NC(=O)C=CCBr. The second kappa shape index (κ2) is 11.8. The first-order chi connectivity index (χ1) is 17.5. The number of halogens is 3. The molecule has 0 bridgehead atoms. The number of fused-ring (bicyclic) bond motifs is 1. The molecule has 0 atom stereocenters. The summed E-state index contributed by atoms with van der Waals surface area (Å²) in [6.45, 7) is 0.183. The van der Waals surface area contributed by atoms with Gasteiger partial charge in [0.1, 0.15) is 36.1 Å². The fraction of sp³-hybridized carbons (Fsp3) is 0.115. The third-order valence-electron chi connectivity index (χ3n) is 5.05. The molecule has 0 aliphatic carbocycles. The van der Waals surface area contributed by atoms with Gasteiger partial charge in [0, 0.05) is 28.5 Å². The Morgan fingerprint density at radius 3 is 2.75 bits per heavy atom. The van der Waals surface area contributed by atoms with Crippen LogP contribution in [0.1, 0.15) is 5.56 Å². The van der Waals surface area contributed by atoms with E-state index in [9.17, 15) is 9.18 Å². The molecule has 1 amide bonds. The van der Waals surface area contributed by atoms with E-state index in [2.05, 4.69) is 36.5 Å². The molecule has 7 nitrogen and oxygen atoms in total. The number of rotatable bonds is 9. The summed E-state index contributed by atoms with van der Waals surface area (Å²) >= 11 is 9.68. The van der Waals surface area contributed by atoms with Crippen molar-refractivity contribution in [1.29, 1.82) is 0 Å². The van der Waals surface area contributed by atoms with E-state index in [0.717, 1.165) is 0 Å². The van der Waals surface area contributed by atoms with E-state index in [1.165, 1.54) is 31.6 Å². The summed E-state index contributed by atoms with van der Waals surface area (Å²) in [4.78, 5) is 20.9. The van der Waals surface area contributed by atoms with E-state index in [0.29, 0.717) is 55.5 Å². The Labute approximate surface area is 220 Å². The lowest BCUT2D eigenvalue weighted by atomic mass is 10.1. The van der Waals surface area contributed by atoms with Crippen LogP contribution in [0.2, 0.25) is 5.02 Å². The molecular formula is C26H21BrClFN4O3. The van der Waals surface area contributed by atoms with Crippen molar-refractivity contribution in [3.8, 4) is 11.5 Å². The second-order valence-electron chi connectivity index (χ2n) is 7.53. The predicted octanol–water partition coefficient (Wildman–Crippen LogP) is 6.64. The molecule has 0 aliphatic heterocycles. The number of hydrogen-bond donors (Lipinski definition) is 2. The largest absolute Gasteiger partial charge is 0.494 e. The highest BCUT2D eigenvalue weighted by atomic mass is 79.9. The summed E-state index contributed by atoms with van der Waals surface area (Å²) in [5, 5.41) is 7.65. The van der Waals surface area contributed by atoms with Crippen molar-refractivity contribution in [1.82, 2.24) is 9.97 Å². The van der Waals surface area contributed by atoms with Gasteiger partial charge in [0.2, 0.25) is 5.91 Å². The molecule has 4 aromatic rings. The smallest absolute Gasteiger partial charge is 0.248 e. The molecule has 0 saturated heterocycles. The van der Waals surface area contributed by atoms with Crippen LogP contribution in [-0.2, 0) is 11.4 Å². The zero-order chi connectivity index (χ0) is 25.5. The molecule has 36 heavy (non-hydrogen) atoms. The van der Waals surface area contributed by atoms with Gasteiger partial charge in [0.15, 0.2) is 0 Å². The van der Waals surface area contributed by atoms with Crippen LogP contribution in [-0.4, -0.2) is 28.3 Å². The van der Waals surface area contributed by atoms with Crippen molar-refractivity contribution < 1.29 is 18.7 Å². The molecule has 0 unspecified atom stereocenters. The first-order valence-electron chi connectivity index (χ1n) is 10.8. The minimum absolute atomic E-state index is 0.183. The third-order valence-corrected chi connectivity index (χ3v) is 5.72. The monoisotopic (exact) mass is 570 g/mol. The van der Waals surface area contributed by atoms with Gasteiger partial charge in [-0.3, -0.25) is 4.79 Å². The summed E-state index contributed by atoms with van der Waals surface area (Å²) in [5.74, 6) is 0.827. The van der Waals surface area contributed by atoms with Gasteiger partial charge in [-0.25, -0.2) is 14.4 Å². The number of hydrogen-bond acceptors (Lipinski definition) is 6. The minimum Gasteiger partial charge on any atom is -0.494 e. The van der Waals surface area contributed by atoms with E-state index >= 15 is 0 Å². The van der Waals surface area contributed by atoms with E-state index in [1.807, 2.05) is 0 Å². The molecule has 4 rings (SSSR count). The van der Waals surface area contributed by atoms with Crippen molar-refractivity contribution in [2.45, 2.75) is 6.61 Å².